The lowest BCUT2D eigenvalue weighted by Crippen LogP contribution is -2.54. The van der Waals surface area contributed by atoms with Crippen molar-refractivity contribution in [3.05, 3.63) is 29.8 Å². The summed E-state index contributed by atoms with van der Waals surface area (Å²) < 4.78 is 16.1. The zero-order chi connectivity index (χ0) is 18.5. The van der Waals surface area contributed by atoms with Crippen molar-refractivity contribution in [2.24, 2.45) is 0 Å². The van der Waals surface area contributed by atoms with Crippen LogP contribution in [0.25, 0.3) is 0 Å². The van der Waals surface area contributed by atoms with Crippen LogP contribution in [0.15, 0.2) is 24.3 Å². The monoisotopic (exact) mass is 362 g/mol. The van der Waals surface area contributed by atoms with Crippen LogP contribution in [0.2, 0.25) is 0 Å². The Morgan fingerprint density at radius 1 is 1.12 bits per heavy atom. The van der Waals surface area contributed by atoms with Gasteiger partial charge in [0.15, 0.2) is 12.2 Å². The first-order valence-corrected chi connectivity index (χ1v) is 9.14. The summed E-state index contributed by atoms with van der Waals surface area (Å²) in [5.74, 6) is 0.623. The molecule has 0 aliphatic carbocycles. The average molecular weight is 362 g/mol. The molecule has 1 aromatic carbocycles. The molecule has 1 atom stereocenters. The summed E-state index contributed by atoms with van der Waals surface area (Å²) in [5.41, 5.74) is 1.23. The van der Waals surface area contributed by atoms with Crippen LogP contribution in [0, 0.1) is 0 Å². The first kappa shape index (κ1) is 18.5. The van der Waals surface area contributed by atoms with Gasteiger partial charge >= 0.3 is 6.09 Å². The third-order valence-electron chi connectivity index (χ3n) is 4.72. The normalized spacial score (nSPS) is 18.8. The second-order valence-electron chi connectivity index (χ2n) is 6.61. The standard InChI is InChI=1S/C19H26N2O5/c1-3-15-4-6-16(7-5-15)25-14(2)18(22)20-8-10-21(11-9-20)19(23)26-17-12-24-13-17/h4-7,14,17H,3,8-13H2,1-2H3. The molecule has 2 heterocycles. The van der Waals surface area contributed by atoms with E-state index < -0.39 is 6.10 Å². The topological polar surface area (TPSA) is 68.3 Å². The molecule has 2 aliphatic rings. The number of rotatable bonds is 5. The van der Waals surface area contributed by atoms with Crippen LogP contribution < -0.4 is 4.74 Å². The highest BCUT2D eigenvalue weighted by Gasteiger charge is 2.30. The minimum Gasteiger partial charge on any atom is -0.481 e. The third kappa shape index (κ3) is 4.46. The molecule has 2 amide bonds. The molecule has 7 nitrogen and oxygen atoms in total. The van der Waals surface area contributed by atoms with Crippen molar-refractivity contribution < 1.29 is 23.8 Å². The summed E-state index contributed by atoms with van der Waals surface area (Å²) in [5, 5.41) is 0. The molecule has 0 aromatic heterocycles. The largest absolute Gasteiger partial charge is 0.481 e. The Balaban J connectivity index is 1.45. The lowest BCUT2D eigenvalue weighted by atomic mass is 10.2. The predicted molar refractivity (Wildman–Crippen MR) is 95.2 cm³/mol. The van der Waals surface area contributed by atoms with Crippen molar-refractivity contribution in [1.82, 2.24) is 9.80 Å². The summed E-state index contributed by atoms with van der Waals surface area (Å²) in [6.45, 7) is 6.70. The van der Waals surface area contributed by atoms with Crippen LogP contribution >= 0.6 is 0 Å². The first-order valence-electron chi connectivity index (χ1n) is 9.14. The predicted octanol–water partition coefficient (Wildman–Crippen LogP) is 1.70. The van der Waals surface area contributed by atoms with Crippen LogP contribution in [-0.4, -0.2) is 73.4 Å². The minimum absolute atomic E-state index is 0.0648. The van der Waals surface area contributed by atoms with E-state index in [9.17, 15) is 9.59 Å². The Kier molecular flexibility index (Phi) is 5.98. The first-order chi connectivity index (χ1) is 12.6. The molecule has 0 bridgehead atoms. The van der Waals surface area contributed by atoms with Gasteiger partial charge in [-0.25, -0.2) is 4.79 Å². The number of ether oxygens (including phenoxy) is 3. The summed E-state index contributed by atoms with van der Waals surface area (Å²) in [7, 11) is 0. The molecule has 1 unspecified atom stereocenters. The SMILES string of the molecule is CCc1ccc(OC(C)C(=O)N2CCN(C(=O)OC3COC3)CC2)cc1. The number of carbonyl (C=O) groups is 2. The van der Waals surface area contributed by atoms with Gasteiger partial charge in [-0.1, -0.05) is 19.1 Å². The van der Waals surface area contributed by atoms with Crippen molar-refractivity contribution in [3.63, 3.8) is 0 Å². The Labute approximate surface area is 153 Å². The number of aryl methyl sites for hydroxylation is 1. The van der Waals surface area contributed by atoms with Gasteiger partial charge in [0, 0.05) is 26.2 Å². The number of hydrogen-bond acceptors (Lipinski definition) is 5. The molecule has 0 spiro atoms. The van der Waals surface area contributed by atoms with Crippen LogP contribution in [0.5, 0.6) is 5.75 Å². The molecule has 2 aliphatic heterocycles. The Morgan fingerprint density at radius 3 is 2.27 bits per heavy atom. The fourth-order valence-electron chi connectivity index (χ4n) is 2.92. The summed E-state index contributed by atoms with van der Waals surface area (Å²) >= 11 is 0. The van der Waals surface area contributed by atoms with E-state index in [1.54, 1.807) is 16.7 Å². The highest BCUT2D eigenvalue weighted by Crippen LogP contribution is 2.16. The van der Waals surface area contributed by atoms with Gasteiger partial charge in [0.2, 0.25) is 0 Å². The second kappa shape index (κ2) is 8.40. The quantitative estimate of drug-likeness (QED) is 0.797. The Bertz CT molecular complexity index is 621. The van der Waals surface area contributed by atoms with Gasteiger partial charge in [-0.2, -0.15) is 0 Å². The number of piperazine rings is 1. The van der Waals surface area contributed by atoms with E-state index in [0.29, 0.717) is 45.1 Å². The maximum absolute atomic E-state index is 12.6. The van der Waals surface area contributed by atoms with E-state index in [-0.39, 0.29) is 18.1 Å². The van der Waals surface area contributed by atoms with Crippen molar-refractivity contribution in [3.8, 4) is 5.75 Å². The summed E-state index contributed by atoms with van der Waals surface area (Å²) in [6.07, 6.45) is -0.0524. The van der Waals surface area contributed by atoms with E-state index in [1.165, 1.54) is 5.56 Å². The molecule has 2 saturated heterocycles. The maximum Gasteiger partial charge on any atom is 0.410 e. The lowest BCUT2D eigenvalue weighted by Gasteiger charge is -2.36. The van der Waals surface area contributed by atoms with Crippen molar-refractivity contribution >= 4 is 12.0 Å². The molecule has 0 radical (unpaired) electrons. The molecular weight excluding hydrogens is 336 g/mol. The number of hydrogen-bond donors (Lipinski definition) is 0. The number of amides is 2. The third-order valence-corrected chi connectivity index (χ3v) is 4.72. The van der Waals surface area contributed by atoms with E-state index in [0.717, 1.165) is 6.42 Å². The second-order valence-corrected chi connectivity index (χ2v) is 6.61. The average Bonchev–Trinajstić information content (AvgIpc) is 2.64. The van der Waals surface area contributed by atoms with Gasteiger partial charge in [-0.15, -0.1) is 0 Å². The minimum atomic E-state index is -0.562. The van der Waals surface area contributed by atoms with Crippen molar-refractivity contribution in [1.29, 1.82) is 0 Å². The lowest BCUT2D eigenvalue weighted by molar-refractivity contribution is -0.140. The molecule has 26 heavy (non-hydrogen) atoms. The van der Waals surface area contributed by atoms with Gasteiger partial charge in [-0.05, 0) is 31.0 Å². The van der Waals surface area contributed by atoms with E-state index >= 15 is 0 Å². The fraction of sp³-hybridized carbons (Fsp3) is 0.579. The number of benzene rings is 1. The highest BCUT2D eigenvalue weighted by atomic mass is 16.6. The molecule has 3 rings (SSSR count). The summed E-state index contributed by atoms with van der Waals surface area (Å²) in [4.78, 5) is 28.0. The summed E-state index contributed by atoms with van der Waals surface area (Å²) in [6, 6.07) is 7.79. The fourth-order valence-corrected chi connectivity index (χ4v) is 2.92. The number of nitrogens with zero attached hydrogens (tertiary/aromatic N) is 2. The molecular formula is C19H26N2O5. The number of carbonyl (C=O) groups excluding carboxylic acids is 2. The molecule has 1 aromatic rings. The Morgan fingerprint density at radius 2 is 1.73 bits per heavy atom. The van der Waals surface area contributed by atoms with E-state index in [2.05, 4.69) is 6.92 Å². The maximum atomic E-state index is 12.6. The van der Waals surface area contributed by atoms with Crippen LogP contribution in [-0.2, 0) is 20.7 Å². The smallest absolute Gasteiger partial charge is 0.410 e. The van der Waals surface area contributed by atoms with Gasteiger partial charge < -0.3 is 24.0 Å². The van der Waals surface area contributed by atoms with E-state index in [1.807, 2.05) is 24.3 Å². The molecule has 0 N–H and O–H groups in total. The van der Waals surface area contributed by atoms with E-state index in [4.69, 9.17) is 14.2 Å². The van der Waals surface area contributed by atoms with Gasteiger partial charge in [-0.3, -0.25) is 4.79 Å². The van der Waals surface area contributed by atoms with Crippen LogP contribution in [0.1, 0.15) is 19.4 Å². The molecule has 7 heteroatoms. The van der Waals surface area contributed by atoms with Gasteiger partial charge in [0.1, 0.15) is 5.75 Å². The van der Waals surface area contributed by atoms with Crippen molar-refractivity contribution in [2.45, 2.75) is 32.5 Å². The molecule has 2 fully saturated rings. The molecule has 142 valence electrons. The zero-order valence-electron chi connectivity index (χ0n) is 15.3. The van der Waals surface area contributed by atoms with Gasteiger partial charge in [0.25, 0.3) is 5.91 Å². The molecule has 0 saturated carbocycles. The highest BCUT2D eigenvalue weighted by molar-refractivity contribution is 5.81. The zero-order valence-corrected chi connectivity index (χ0v) is 15.3. The van der Waals surface area contributed by atoms with Gasteiger partial charge in [0.05, 0.1) is 13.2 Å². The van der Waals surface area contributed by atoms with Crippen molar-refractivity contribution in [2.75, 3.05) is 39.4 Å². The van der Waals surface area contributed by atoms with Crippen LogP contribution in [0.3, 0.4) is 0 Å². The van der Waals surface area contributed by atoms with Crippen LogP contribution in [0.4, 0.5) is 4.79 Å². The Hall–Kier alpha value is -2.28.